The van der Waals surface area contributed by atoms with Crippen LogP contribution in [0.2, 0.25) is 0 Å². The predicted octanol–water partition coefficient (Wildman–Crippen LogP) is 2.81. The number of nitro benzene ring substituents is 1. The van der Waals surface area contributed by atoms with Crippen LogP contribution >= 0.6 is 0 Å². The van der Waals surface area contributed by atoms with Crippen molar-refractivity contribution >= 4 is 28.9 Å². The maximum absolute atomic E-state index is 12.5. The fourth-order valence-electron chi connectivity index (χ4n) is 2.07. The van der Waals surface area contributed by atoms with Crippen molar-refractivity contribution in [3.05, 3.63) is 58.1 Å². The van der Waals surface area contributed by atoms with Gasteiger partial charge in [0.05, 0.1) is 35.0 Å². The number of hydrogen-bond acceptors (Lipinski definition) is 5. The Balaban J connectivity index is 2.30. The number of nitrogens with one attached hydrogen (secondary N) is 2. The summed E-state index contributed by atoms with van der Waals surface area (Å²) in [7, 11) is 1.35. The Hall–Kier alpha value is -3.42. The first-order valence-electron chi connectivity index (χ1n) is 6.92. The van der Waals surface area contributed by atoms with Crippen molar-refractivity contribution in [1.82, 2.24) is 0 Å². The van der Waals surface area contributed by atoms with Crippen LogP contribution in [0.25, 0.3) is 0 Å². The number of para-hydroxylation sites is 1. The van der Waals surface area contributed by atoms with Crippen LogP contribution in [-0.2, 0) is 4.79 Å². The minimum Gasteiger partial charge on any atom is -0.494 e. The lowest BCUT2D eigenvalue weighted by molar-refractivity contribution is -0.384. The highest BCUT2D eigenvalue weighted by molar-refractivity contribution is 6.10. The lowest BCUT2D eigenvalue weighted by atomic mass is 10.1. The highest BCUT2D eigenvalue weighted by atomic mass is 16.6. The smallest absolute Gasteiger partial charge is 0.273 e. The van der Waals surface area contributed by atoms with Gasteiger partial charge in [0.2, 0.25) is 5.91 Å². The number of nitrogens with zero attached hydrogens (tertiary/aromatic N) is 1. The number of anilines is 2. The third-order valence-electron chi connectivity index (χ3n) is 3.13. The quantitative estimate of drug-likeness (QED) is 0.647. The number of nitro groups is 1. The lowest BCUT2D eigenvalue weighted by Crippen LogP contribution is -2.17. The van der Waals surface area contributed by atoms with Crippen molar-refractivity contribution in [2.24, 2.45) is 0 Å². The molecule has 0 aromatic heterocycles. The molecular formula is C16H15N3O5. The molecule has 0 aliphatic carbocycles. The highest BCUT2D eigenvalue weighted by Crippen LogP contribution is 2.29. The molecule has 0 saturated heterocycles. The van der Waals surface area contributed by atoms with Gasteiger partial charge in [0.1, 0.15) is 5.75 Å². The lowest BCUT2D eigenvalue weighted by Gasteiger charge is -2.12. The molecule has 0 spiro atoms. The molecule has 0 saturated carbocycles. The van der Waals surface area contributed by atoms with E-state index in [1.807, 2.05) is 0 Å². The normalized spacial score (nSPS) is 9.92. The number of rotatable bonds is 5. The molecule has 0 aliphatic heterocycles. The van der Waals surface area contributed by atoms with Crippen molar-refractivity contribution in [3.63, 3.8) is 0 Å². The van der Waals surface area contributed by atoms with Gasteiger partial charge in [-0.15, -0.1) is 0 Å². The number of amides is 2. The second-order valence-corrected chi connectivity index (χ2v) is 4.82. The predicted molar refractivity (Wildman–Crippen MR) is 88.3 cm³/mol. The minimum atomic E-state index is -0.555. The van der Waals surface area contributed by atoms with E-state index in [4.69, 9.17) is 4.74 Å². The number of carbonyl (C=O) groups excluding carboxylic acids is 2. The molecule has 24 heavy (non-hydrogen) atoms. The molecule has 0 heterocycles. The Morgan fingerprint density at radius 1 is 1.08 bits per heavy atom. The summed E-state index contributed by atoms with van der Waals surface area (Å²) in [6, 6.07) is 10.4. The van der Waals surface area contributed by atoms with Crippen molar-refractivity contribution < 1.29 is 19.2 Å². The van der Waals surface area contributed by atoms with Crippen molar-refractivity contribution in [3.8, 4) is 5.75 Å². The Labute approximate surface area is 137 Å². The molecule has 8 heteroatoms. The third-order valence-corrected chi connectivity index (χ3v) is 3.13. The van der Waals surface area contributed by atoms with Gasteiger partial charge >= 0.3 is 0 Å². The fourth-order valence-corrected chi connectivity index (χ4v) is 2.07. The highest BCUT2D eigenvalue weighted by Gasteiger charge is 2.16. The van der Waals surface area contributed by atoms with Crippen molar-refractivity contribution in [2.75, 3.05) is 17.7 Å². The molecular weight excluding hydrogens is 314 g/mol. The molecule has 0 bridgehead atoms. The first-order chi connectivity index (χ1) is 11.4. The third kappa shape index (κ3) is 3.86. The van der Waals surface area contributed by atoms with E-state index in [-0.39, 0.29) is 28.6 Å². The van der Waals surface area contributed by atoms with Gasteiger partial charge < -0.3 is 15.4 Å². The molecule has 2 aromatic carbocycles. The van der Waals surface area contributed by atoms with Crippen LogP contribution in [0.5, 0.6) is 5.75 Å². The molecule has 2 rings (SSSR count). The van der Waals surface area contributed by atoms with Gasteiger partial charge in [-0.25, -0.2) is 0 Å². The monoisotopic (exact) mass is 329 g/mol. The van der Waals surface area contributed by atoms with Crippen LogP contribution < -0.4 is 15.4 Å². The average Bonchev–Trinajstić information content (AvgIpc) is 2.54. The molecule has 2 amide bonds. The summed E-state index contributed by atoms with van der Waals surface area (Å²) in [6.07, 6.45) is 0. The first-order valence-corrected chi connectivity index (χ1v) is 6.92. The molecule has 8 nitrogen and oxygen atoms in total. The van der Waals surface area contributed by atoms with Gasteiger partial charge in [-0.2, -0.15) is 0 Å². The molecule has 2 aromatic rings. The second kappa shape index (κ2) is 7.23. The molecule has 0 fully saturated rings. The zero-order valence-corrected chi connectivity index (χ0v) is 13.0. The molecule has 124 valence electrons. The van der Waals surface area contributed by atoms with Crippen LogP contribution in [0.3, 0.4) is 0 Å². The van der Waals surface area contributed by atoms with Crippen molar-refractivity contribution in [1.29, 1.82) is 0 Å². The number of carbonyl (C=O) groups is 2. The van der Waals surface area contributed by atoms with E-state index in [1.165, 1.54) is 32.2 Å². The first kappa shape index (κ1) is 16.9. The van der Waals surface area contributed by atoms with E-state index >= 15 is 0 Å². The number of methoxy groups -OCH3 is 1. The molecule has 2 N–H and O–H groups in total. The number of hydrogen-bond donors (Lipinski definition) is 2. The summed E-state index contributed by atoms with van der Waals surface area (Å²) < 4.78 is 5.08. The van der Waals surface area contributed by atoms with Gasteiger partial charge in [0.15, 0.2) is 0 Å². The Kier molecular flexibility index (Phi) is 5.10. The van der Waals surface area contributed by atoms with E-state index in [1.54, 1.807) is 24.3 Å². The van der Waals surface area contributed by atoms with Gasteiger partial charge in [-0.3, -0.25) is 19.7 Å². The Bertz CT molecular complexity index is 804. The summed E-state index contributed by atoms with van der Waals surface area (Å²) in [5.74, 6) is -0.621. The number of non-ortho nitro benzene ring substituents is 1. The minimum absolute atomic E-state index is 0.150. The fraction of sp³-hybridized carbons (Fsp3) is 0.125. The summed E-state index contributed by atoms with van der Waals surface area (Å²) in [5.41, 5.74) is 0.755. The summed E-state index contributed by atoms with van der Waals surface area (Å²) in [6.45, 7) is 1.34. The summed E-state index contributed by atoms with van der Waals surface area (Å²) in [4.78, 5) is 33.9. The van der Waals surface area contributed by atoms with Crippen molar-refractivity contribution in [2.45, 2.75) is 6.92 Å². The zero-order valence-electron chi connectivity index (χ0n) is 13.0. The molecule has 0 radical (unpaired) electrons. The zero-order chi connectivity index (χ0) is 17.7. The second-order valence-electron chi connectivity index (χ2n) is 4.82. The van der Waals surface area contributed by atoms with E-state index in [0.717, 1.165) is 0 Å². The Morgan fingerprint density at radius 3 is 2.42 bits per heavy atom. The Morgan fingerprint density at radius 2 is 1.79 bits per heavy atom. The number of benzene rings is 2. The van der Waals surface area contributed by atoms with E-state index in [9.17, 15) is 19.7 Å². The summed E-state index contributed by atoms with van der Waals surface area (Å²) in [5, 5.41) is 16.0. The van der Waals surface area contributed by atoms with Crippen LogP contribution in [0, 0.1) is 10.1 Å². The largest absolute Gasteiger partial charge is 0.494 e. The van der Waals surface area contributed by atoms with Crippen LogP contribution in [0.4, 0.5) is 17.1 Å². The average molecular weight is 329 g/mol. The van der Waals surface area contributed by atoms with Crippen LogP contribution in [-0.4, -0.2) is 23.8 Å². The SMILES string of the molecule is COc1cc([N+](=O)[O-])ccc1NC(=O)c1ccccc1NC(C)=O. The maximum atomic E-state index is 12.5. The number of ether oxygens (including phenoxy) is 1. The van der Waals surface area contributed by atoms with Gasteiger partial charge in [-0.05, 0) is 18.2 Å². The van der Waals surface area contributed by atoms with Crippen LogP contribution in [0.1, 0.15) is 17.3 Å². The van der Waals surface area contributed by atoms with E-state index < -0.39 is 10.8 Å². The maximum Gasteiger partial charge on any atom is 0.273 e. The van der Waals surface area contributed by atoms with E-state index in [0.29, 0.717) is 5.69 Å². The van der Waals surface area contributed by atoms with Gasteiger partial charge in [0.25, 0.3) is 11.6 Å². The van der Waals surface area contributed by atoms with Gasteiger partial charge in [0, 0.05) is 13.0 Å². The molecule has 0 aliphatic rings. The van der Waals surface area contributed by atoms with Gasteiger partial charge in [-0.1, -0.05) is 12.1 Å². The van der Waals surface area contributed by atoms with E-state index in [2.05, 4.69) is 10.6 Å². The summed E-state index contributed by atoms with van der Waals surface area (Å²) >= 11 is 0. The topological polar surface area (TPSA) is 111 Å². The molecule has 0 atom stereocenters. The molecule has 0 unspecified atom stereocenters. The van der Waals surface area contributed by atoms with Crippen LogP contribution in [0.15, 0.2) is 42.5 Å². The standard InChI is InChI=1S/C16H15N3O5/c1-10(20)17-13-6-4-3-5-12(13)16(21)18-14-8-7-11(19(22)23)9-15(14)24-2/h3-9H,1-2H3,(H,17,20)(H,18,21).